The van der Waals surface area contributed by atoms with Gasteiger partial charge in [-0.2, -0.15) is 0 Å². The van der Waals surface area contributed by atoms with Gasteiger partial charge in [0.25, 0.3) is 0 Å². The first-order chi connectivity index (χ1) is 9.19. The lowest BCUT2D eigenvalue weighted by Gasteiger charge is -2.16. The first-order valence-corrected chi connectivity index (χ1v) is 7.73. The molecule has 1 aliphatic rings. The van der Waals surface area contributed by atoms with Gasteiger partial charge in [0.2, 0.25) is 0 Å². The van der Waals surface area contributed by atoms with Crippen LogP contribution in [0.4, 0.5) is 0 Å². The maximum Gasteiger partial charge on any atom is 0.111 e. The zero-order chi connectivity index (χ0) is 13.5. The summed E-state index contributed by atoms with van der Waals surface area (Å²) in [6.45, 7) is 5.55. The Morgan fingerprint density at radius 1 is 1.37 bits per heavy atom. The van der Waals surface area contributed by atoms with E-state index in [-0.39, 0.29) is 0 Å². The molecule has 0 spiro atoms. The summed E-state index contributed by atoms with van der Waals surface area (Å²) in [4.78, 5) is 4.83. The molecule has 0 atom stereocenters. The molecular formula is C16H21ClN2. The van der Waals surface area contributed by atoms with Gasteiger partial charge in [-0.3, -0.25) is 0 Å². The number of halogens is 1. The molecule has 0 saturated heterocycles. The molecule has 19 heavy (non-hydrogen) atoms. The highest BCUT2D eigenvalue weighted by Gasteiger charge is 2.41. The van der Waals surface area contributed by atoms with Crippen molar-refractivity contribution in [3.8, 4) is 0 Å². The van der Waals surface area contributed by atoms with Gasteiger partial charge < -0.3 is 4.57 Å². The highest BCUT2D eigenvalue weighted by atomic mass is 35.5. The Balaban J connectivity index is 2.08. The molecule has 102 valence electrons. The Bertz CT molecular complexity index is 596. The lowest BCUT2D eigenvalue weighted by atomic mass is 10.0. The number of aryl methyl sites for hydroxylation is 2. The van der Waals surface area contributed by atoms with E-state index in [9.17, 15) is 0 Å². The van der Waals surface area contributed by atoms with Crippen LogP contribution in [0.1, 0.15) is 37.6 Å². The van der Waals surface area contributed by atoms with Gasteiger partial charge in [-0.1, -0.05) is 19.1 Å². The van der Waals surface area contributed by atoms with Crippen molar-refractivity contribution in [3.05, 3.63) is 29.6 Å². The van der Waals surface area contributed by atoms with Gasteiger partial charge in [0.15, 0.2) is 0 Å². The molecule has 1 saturated carbocycles. The Hall–Kier alpha value is -1.02. The predicted molar refractivity (Wildman–Crippen MR) is 80.9 cm³/mol. The van der Waals surface area contributed by atoms with E-state index in [1.54, 1.807) is 0 Å². The Morgan fingerprint density at radius 3 is 2.79 bits per heavy atom. The minimum atomic E-state index is 0.526. The summed E-state index contributed by atoms with van der Waals surface area (Å²) < 4.78 is 2.42. The maximum atomic E-state index is 5.94. The highest BCUT2D eigenvalue weighted by molar-refractivity contribution is 6.17. The number of imidazole rings is 1. The summed E-state index contributed by atoms with van der Waals surface area (Å²) in [6, 6.07) is 6.46. The molecule has 2 aromatic rings. The van der Waals surface area contributed by atoms with Gasteiger partial charge >= 0.3 is 0 Å². The first kappa shape index (κ1) is 13.0. The van der Waals surface area contributed by atoms with Crippen molar-refractivity contribution in [1.82, 2.24) is 9.55 Å². The fraction of sp³-hybridized carbons (Fsp3) is 0.562. The number of para-hydroxylation sites is 1. The smallest absolute Gasteiger partial charge is 0.111 e. The fourth-order valence-electron chi connectivity index (χ4n) is 2.92. The third kappa shape index (κ3) is 2.27. The van der Waals surface area contributed by atoms with Crippen molar-refractivity contribution in [3.63, 3.8) is 0 Å². The predicted octanol–water partition coefficient (Wildman–Crippen LogP) is 4.32. The number of alkyl halides is 1. The van der Waals surface area contributed by atoms with E-state index in [0.29, 0.717) is 11.3 Å². The molecule has 1 heterocycles. The van der Waals surface area contributed by atoms with Crippen molar-refractivity contribution >= 4 is 22.6 Å². The number of hydrogen-bond donors (Lipinski definition) is 0. The Morgan fingerprint density at radius 2 is 2.16 bits per heavy atom. The van der Waals surface area contributed by atoms with Crippen molar-refractivity contribution in [2.45, 2.75) is 46.1 Å². The number of fused-ring (bicyclic) bond motifs is 1. The van der Waals surface area contributed by atoms with Crippen molar-refractivity contribution in [2.24, 2.45) is 5.41 Å². The van der Waals surface area contributed by atoms with Gasteiger partial charge in [0.1, 0.15) is 5.82 Å². The van der Waals surface area contributed by atoms with E-state index in [2.05, 4.69) is 36.6 Å². The number of hydrogen-bond acceptors (Lipinski definition) is 1. The summed E-state index contributed by atoms with van der Waals surface area (Å²) in [5.74, 6) is 1.79. The largest absolute Gasteiger partial charge is 0.327 e. The lowest BCUT2D eigenvalue weighted by molar-refractivity contribution is 0.408. The van der Waals surface area contributed by atoms with Crippen LogP contribution in [0.15, 0.2) is 18.2 Å². The number of benzene rings is 1. The van der Waals surface area contributed by atoms with Crippen LogP contribution in [0.2, 0.25) is 0 Å². The summed E-state index contributed by atoms with van der Waals surface area (Å²) in [7, 11) is 0. The van der Waals surface area contributed by atoms with Crippen LogP contribution in [0, 0.1) is 12.3 Å². The zero-order valence-electron chi connectivity index (χ0n) is 11.7. The van der Waals surface area contributed by atoms with Crippen LogP contribution < -0.4 is 0 Å². The summed E-state index contributed by atoms with van der Waals surface area (Å²) in [5.41, 5.74) is 4.21. The Labute approximate surface area is 119 Å². The summed E-state index contributed by atoms with van der Waals surface area (Å²) >= 11 is 5.94. The average molecular weight is 277 g/mol. The number of rotatable bonds is 5. The molecule has 0 radical (unpaired) electrons. The molecule has 3 heteroatoms. The highest BCUT2D eigenvalue weighted by Crippen LogP contribution is 2.50. The number of aromatic nitrogens is 2. The van der Waals surface area contributed by atoms with Crippen molar-refractivity contribution in [2.75, 3.05) is 5.88 Å². The molecule has 0 N–H and O–H groups in total. The molecule has 1 aromatic heterocycles. The van der Waals surface area contributed by atoms with Gasteiger partial charge in [-0.15, -0.1) is 11.6 Å². The van der Waals surface area contributed by atoms with Gasteiger partial charge in [-0.05, 0) is 43.2 Å². The minimum Gasteiger partial charge on any atom is -0.327 e. The van der Waals surface area contributed by atoms with E-state index in [1.807, 2.05) is 0 Å². The molecule has 0 amide bonds. The quantitative estimate of drug-likeness (QED) is 0.744. The van der Waals surface area contributed by atoms with Crippen LogP contribution in [-0.4, -0.2) is 15.4 Å². The molecular weight excluding hydrogens is 256 g/mol. The minimum absolute atomic E-state index is 0.526. The van der Waals surface area contributed by atoms with Gasteiger partial charge in [0, 0.05) is 18.8 Å². The van der Waals surface area contributed by atoms with Crippen LogP contribution in [0.5, 0.6) is 0 Å². The molecule has 0 bridgehead atoms. The molecule has 0 unspecified atom stereocenters. The van der Waals surface area contributed by atoms with Gasteiger partial charge in [0.05, 0.1) is 11.0 Å². The summed E-state index contributed by atoms with van der Waals surface area (Å²) in [5, 5.41) is 0. The molecule has 2 nitrogen and oxygen atoms in total. The van der Waals surface area contributed by atoms with Crippen LogP contribution in [-0.2, 0) is 13.0 Å². The lowest BCUT2D eigenvalue weighted by Crippen LogP contribution is -2.13. The Kier molecular flexibility index (Phi) is 3.30. The third-order valence-electron chi connectivity index (χ3n) is 4.58. The molecule has 3 rings (SSSR count). The van der Waals surface area contributed by atoms with E-state index in [1.165, 1.54) is 30.3 Å². The van der Waals surface area contributed by atoms with E-state index in [0.717, 1.165) is 24.3 Å². The van der Waals surface area contributed by atoms with Gasteiger partial charge in [-0.25, -0.2) is 4.98 Å². The van der Waals surface area contributed by atoms with E-state index in [4.69, 9.17) is 16.6 Å². The van der Waals surface area contributed by atoms with E-state index >= 15 is 0 Å². The second-order valence-corrected chi connectivity index (χ2v) is 6.23. The number of nitrogens with zero attached hydrogens (tertiary/aromatic N) is 2. The topological polar surface area (TPSA) is 17.8 Å². The van der Waals surface area contributed by atoms with Crippen LogP contribution in [0.25, 0.3) is 11.0 Å². The maximum absolute atomic E-state index is 5.94. The van der Waals surface area contributed by atoms with E-state index < -0.39 is 0 Å². The second-order valence-electron chi connectivity index (χ2n) is 5.85. The molecule has 1 aromatic carbocycles. The third-order valence-corrected chi connectivity index (χ3v) is 4.77. The molecule has 1 fully saturated rings. The molecule has 1 aliphatic carbocycles. The fourth-order valence-corrected chi connectivity index (χ4v) is 3.09. The SMILES string of the molecule is CCC1(Cn2c(CCCl)nc3c(C)cccc32)CC1. The normalized spacial score (nSPS) is 17.0. The van der Waals surface area contributed by atoms with Crippen LogP contribution >= 0.6 is 11.6 Å². The monoisotopic (exact) mass is 276 g/mol. The standard InChI is InChI=1S/C16H21ClN2/c1-3-16(8-9-16)11-19-13-6-4-5-12(2)15(13)18-14(19)7-10-17/h4-6H,3,7-11H2,1-2H3. The average Bonchev–Trinajstić information content (AvgIpc) is 3.10. The van der Waals surface area contributed by atoms with Crippen molar-refractivity contribution < 1.29 is 0 Å². The second kappa shape index (κ2) is 4.82. The van der Waals surface area contributed by atoms with Crippen molar-refractivity contribution in [1.29, 1.82) is 0 Å². The van der Waals surface area contributed by atoms with Crippen LogP contribution in [0.3, 0.4) is 0 Å². The zero-order valence-corrected chi connectivity index (χ0v) is 12.5. The molecule has 0 aliphatic heterocycles. The first-order valence-electron chi connectivity index (χ1n) is 7.20. The summed E-state index contributed by atoms with van der Waals surface area (Å²) in [6.07, 6.45) is 4.83.